The summed E-state index contributed by atoms with van der Waals surface area (Å²) < 4.78 is 35.0. The first kappa shape index (κ1) is 38.0. The van der Waals surface area contributed by atoms with Gasteiger partial charge in [-0.05, 0) is 44.4 Å². The summed E-state index contributed by atoms with van der Waals surface area (Å²) in [7, 11) is -3.21. The molecule has 3 rings (SSSR count). The number of pyridine rings is 1. The predicted octanol–water partition coefficient (Wildman–Crippen LogP) is 1.19. The highest BCUT2D eigenvalue weighted by atomic mass is 32.2. The number of rotatable bonds is 18. The number of carbonyl (C=O) groups is 4. The molecule has 1 heterocycles. The van der Waals surface area contributed by atoms with Gasteiger partial charge in [0.05, 0.1) is 31.2 Å². The summed E-state index contributed by atoms with van der Waals surface area (Å²) in [6.07, 6.45) is -0.885. The van der Waals surface area contributed by atoms with Gasteiger partial charge in [-0.2, -0.15) is 17.4 Å². The highest BCUT2D eigenvalue weighted by Crippen LogP contribution is 2.16. The van der Waals surface area contributed by atoms with Crippen molar-refractivity contribution in [2.24, 2.45) is 5.73 Å². The average Bonchev–Trinajstić information content (AvgIpc) is 3.04. The second-order valence-electron chi connectivity index (χ2n) is 11.9. The van der Waals surface area contributed by atoms with Gasteiger partial charge < -0.3 is 26.2 Å². The van der Waals surface area contributed by atoms with Crippen molar-refractivity contribution in [3.05, 3.63) is 78.0 Å². The Kier molecular flexibility index (Phi) is 13.5. The van der Waals surface area contributed by atoms with Gasteiger partial charge in [-0.3, -0.25) is 19.2 Å². The number of aliphatic hydroxyl groups is 1. The molecular weight excluding hydrogens is 640 g/mol. The van der Waals surface area contributed by atoms with E-state index in [1.54, 1.807) is 48.5 Å². The molecular formula is C33H44N6O8S. The van der Waals surface area contributed by atoms with Crippen LogP contribution in [-0.4, -0.2) is 90.4 Å². The minimum Gasteiger partial charge on any atom is -0.468 e. The molecule has 0 saturated heterocycles. The lowest BCUT2D eigenvalue weighted by Gasteiger charge is -2.32. The van der Waals surface area contributed by atoms with Crippen molar-refractivity contribution in [2.75, 3.05) is 20.2 Å². The number of benzene rings is 2. The quantitative estimate of drug-likeness (QED) is 0.122. The third-order valence-corrected chi connectivity index (χ3v) is 9.30. The molecule has 0 aliphatic heterocycles. The number of unbranched alkanes of at least 4 members (excludes halogenated alkanes) is 1. The molecule has 1 aromatic heterocycles. The first-order chi connectivity index (χ1) is 22.7. The lowest BCUT2D eigenvalue weighted by molar-refractivity contribution is -0.146. The van der Waals surface area contributed by atoms with E-state index in [0.29, 0.717) is 23.9 Å². The smallest absolute Gasteiger partial charge is 0.326 e. The number of primary amides is 1. The average molecular weight is 685 g/mol. The molecule has 15 heteroatoms. The van der Waals surface area contributed by atoms with E-state index in [0.717, 1.165) is 16.8 Å². The van der Waals surface area contributed by atoms with Crippen molar-refractivity contribution in [1.29, 1.82) is 0 Å². The van der Waals surface area contributed by atoms with Gasteiger partial charge in [-0.15, -0.1) is 0 Å². The molecule has 6 N–H and O–H groups in total. The molecule has 14 nitrogen and oxygen atoms in total. The van der Waals surface area contributed by atoms with Crippen LogP contribution in [0.25, 0.3) is 10.9 Å². The number of aromatic nitrogens is 1. The third-order valence-electron chi connectivity index (χ3n) is 7.52. The van der Waals surface area contributed by atoms with Gasteiger partial charge in [0.25, 0.3) is 16.1 Å². The van der Waals surface area contributed by atoms with E-state index in [9.17, 15) is 32.7 Å². The molecule has 0 radical (unpaired) electrons. The van der Waals surface area contributed by atoms with Crippen molar-refractivity contribution in [3.8, 4) is 0 Å². The summed E-state index contributed by atoms with van der Waals surface area (Å²) in [5, 5.41) is 17.5. The van der Waals surface area contributed by atoms with Gasteiger partial charge in [0.1, 0.15) is 17.3 Å². The van der Waals surface area contributed by atoms with Crippen LogP contribution in [0.15, 0.2) is 66.7 Å². The predicted molar refractivity (Wildman–Crippen MR) is 180 cm³/mol. The number of amides is 3. The molecule has 0 saturated carbocycles. The number of nitrogens with one attached hydrogen (secondary N) is 3. The van der Waals surface area contributed by atoms with Gasteiger partial charge in [0.15, 0.2) is 0 Å². The number of para-hydroxylation sites is 1. The van der Waals surface area contributed by atoms with E-state index in [1.165, 1.54) is 19.9 Å². The first-order valence-electron chi connectivity index (χ1n) is 15.5. The summed E-state index contributed by atoms with van der Waals surface area (Å²) in [5.41, 5.74) is 5.10. The molecule has 0 bridgehead atoms. The zero-order valence-corrected chi connectivity index (χ0v) is 28.3. The molecule has 3 atom stereocenters. The first-order valence-corrected chi connectivity index (χ1v) is 17.0. The summed E-state index contributed by atoms with van der Waals surface area (Å²) >= 11 is 0. The van der Waals surface area contributed by atoms with Crippen LogP contribution in [0, 0.1) is 0 Å². The van der Waals surface area contributed by atoms with Gasteiger partial charge >= 0.3 is 5.97 Å². The van der Waals surface area contributed by atoms with Crippen LogP contribution in [0.2, 0.25) is 0 Å². The lowest BCUT2D eigenvalue weighted by Crippen LogP contribution is -2.59. The monoisotopic (exact) mass is 684 g/mol. The maximum Gasteiger partial charge on any atom is 0.326 e. The standard InChI is InChI=1S/C33H44N6O8S/c1-5-6-18-39(48(45,46)38-33(2,3)32(44)47-4)21-28(40)26(19-22-12-8-7-9-13-22)36-31(43)27(20-29(34)41)37-30(42)25-17-16-23-14-10-11-15-24(23)35-25/h7-17,26-28,38,40H,5-6,18-21H2,1-4H3,(H2,34,41)(H,36,43)(H,37,42)/t26-,27-,28+/m0/s1. The van der Waals surface area contributed by atoms with Gasteiger partial charge in [0.2, 0.25) is 11.8 Å². The van der Waals surface area contributed by atoms with E-state index < -0.39 is 70.6 Å². The number of nitrogens with zero attached hydrogens (tertiary/aromatic N) is 2. The highest BCUT2D eigenvalue weighted by molar-refractivity contribution is 7.87. The zero-order chi connectivity index (χ0) is 35.5. The number of hydrogen-bond acceptors (Lipinski definition) is 9. The minimum atomic E-state index is -4.35. The maximum absolute atomic E-state index is 13.7. The molecule has 0 spiro atoms. The second-order valence-corrected chi connectivity index (χ2v) is 13.6. The molecule has 3 aromatic rings. The Balaban J connectivity index is 1.88. The topological polar surface area (TPSA) is 210 Å². The van der Waals surface area contributed by atoms with Crippen molar-refractivity contribution in [3.63, 3.8) is 0 Å². The van der Waals surface area contributed by atoms with E-state index in [4.69, 9.17) is 10.5 Å². The Morgan fingerprint density at radius 1 is 1.00 bits per heavy atom. The summed E-state index contributed by atoms with van der Waals surface area (Å²) in [6, 6.07) is 16.7. The molecule has 260 valence electrons. The lowest BCUT2D eigenvalue weighted by atomic mass is 10.00. The minimum absolute atomic E-state index is 0.00522. The summed E-state index contributed by atoms with van der Waals surface area (Å²) in [5.74, 6) is -3.22. The molecule has 0 unspecified atom stereocenters. The summed E-state index contributed by atoms with van der Waals surface area (Å²) in [6.45, 7) is 4.11. The largest absolute Gasteiger partial charge is 0.468 e. The van der Waals surface area contributed by atoms with E-state index in [2.05, 4.69) is 20.3 Å². The highest BCUT2D eigenvalue weighted by Gasteiger charge is 2.38. The summed E-state index contributed by atoms with van der Waals surface area (Å²) in [4.78, 5) is 55.4. The Labute approximate surface area is 280 Å². The molecule has 0 aliphatic rings. The number of hydrogen-bond donors (Lipinski definition) is 5. The van der Waals surface area contributed by atoms with Crippen LogP contribution in [0.1, 0.15) is 56.1 Å². The number of fused-ring (bicyclic) bond motifs is 1. The number of esters is 1. The zero-order valence-electron chi connectivity index (χ0n) is 27.5. The van der Waals surface area contributed by atoms with Crippen molar-refractivity contribution < 1.29 is 37.4 Å². The van der Waals surface area contributed by atoms with Gasteiger partial charge in [-0.1, -0.05) is 67.9 Å². The molecule has 0 aliphatic carbocycles. The van der Waals surface area contributed by atoms with Crippen LogP contribution < -0.4 is 21.1 Å². The Bertz CT molecular complexity index is 1690. The van der Waals surface area contributed by atoms with Gasteiger partial charge in [0, 0.05) is 18.5 Å². The third kappa shape index (κ3) is 10.8. The Hall–Kier alpha value is -4.44. The van der Waals surface area contributed by atoms with Crippen LogP contribution in [0.3, 0.4) is 0 Å². The van der Waals surface area contributed by atoms with Crippen LogP contribution >= 0.6 is 0 Å². The Morgan fingerprint density at radius 2 is 1.67 bits per heavy atom. The molecule has 2 aromatic carbocycles. The maximum atomic E-state index is 13.7. The Morgan fingerprint density at radius 3 is 2.31 bits per heavy atom. The van der Waals surface area contributed by atoms with Gasteiger partial charge in [-0.25, -0.2) is 4.98 Å². The van der Waals surface area contributed by atoms with Crippen molar-refractivity contribution >= 4 is 44.8 Å². The number of aliphatic hydroxyl groups excluding tert-OH is 1. The normalized spacial score (nSPS) is 13.8. The number of methoxy groups -OCH3 is 1. The second kappa shape index (κ2) is 17.1. The number of nitrogens with two attached hydrogens (primary N) is 1. The fourth-order valence-corrected chi connectivity index (χ4v) is 6.51. The van der Waals surface area contributed by atoms with Crippen LogP contribution in [-0.2, 0) is 35.8 Å². The SMILES string of the molecule is CCCCN(C[C@@H](O)[C@H](Cc1ccccc1)NC(=O)[C@H](CC(N)=O)NC(=O)c1ccc2ccccc2n1)S(=O)(=O)NC(C)(C)C(=O)OC. The van der Waals surface area contributed by atoms with E-state index in [-0.39, 0.29) is 18.7 Å². The number of carbonyl (C=O) groups excluding carboxylic acids is 4. The van der Waals surface area contributed by atoms with Crippen molar-refractivity contribution in [2.45, 2.75) is 70.2 Å². The van der Waals surface area contributed by atoms with Crippen LogP contribution in [0.5, 0.6) is 0 Å². The van der Waals surface area contributed by atoms with Crippen molar-refractivity contribution in [1.82, 2.24) is 24.6 Å². The number of ether oxygens (including phenoxy) is 1. The van der Waals surface area contributed by atoms with E-state index in [1.807, 2.05) is 19.1 Å². The molecule has 48 heavy (non-hydrogen) atoms. The molecule has 0 fully saturated rings. The van der Waals surface area contributed by atoms with E-state index >= 15 is 0 Å². The molecule has 3 amide bonds. The fraction of sp³-hybridized carbons (Fsp3) is 0.424. The fourth-order valence-electron chi connectivity index (χ4n) is 4.93. The van der Waals surface area contributed by atoms with Crippen LogP contribution in [0.4, 0.5) is 0 Å².